The van der Waals surface area contributed by atoms with Gasteiger partial charge in [-0.1, -0.05) is 33.8 Å². The molecular formula is C16H26N2O. The van der Waals surface area contributed by atoms with E-state index >= 15 is 0 Å². The van der Waals surface area contributed by atoms with Crippen LogP contribution < -0.4 is 4.74 Å². The molecule has 106 valence electrons. The van der Waals surface area contributed by atoms with Crippen molar-refractivity contribution in [3.8, 4) is 11.4 Å². The van der Waals surface area contributed by atoms with Crippen LogP contribution in [0.1, 0.15) is 38.8 Å². The summed E-state index contributed by atoms with van der Waals surface area (Å²) in [6.45, 7) is 12.0. The molecule has 2 aromatic rings. The molecule has 3 heteroatoms. The van der Waals surface area contributed by atoms with E-state index in [1.807, 2.05) is 76.8 Å². The summed E-state index contributed by atoms with van der Waals surface area (Å²) in [6, 6.07) is 6.05. The highest BCUT2D eigenvalue weighted by Crippen LogP contribution is 2.21. The molecule has 0 spiro atoms. The molecule has 19 heavy (non-hydrogen) atoms. The maximum absolute atomic E-state index is 5.27. The molecule has 0 aliphatic carbocycles. The maximum atomic E-state index is 5.27. The average Bonchev–Trinajstić information content (AvgIpc) is 2.90. The van der Waals surface area contributed by atoms with Crippen LogP contribution in [-0.2, 0) is 0 Å². The maximum Gasteiger partial charge on any atom is 0.123 e. The molecule has 1 heterocycles. The average molecular weight is 262 g/mol. The van der Waals surface area contributed by atoms with Gasteiger partial charge in [0.15, 0.2) is 0 Å². The molecule has 0 aliphatic rings. The molecular weight excluding hydrogens is 236 g/mol. The van der Waals surface area contributed by atoms with Gasteiger partial charge in [0.2, 0.25) is 0 Å². The number of ether oxygens (including phenoxy) is 1. The van der Waals surface area contributed by atoms with Gasteiger partial charge in [0.05, 0.1) is 19.0 Å². The van der Waals surface area contributed by atoms with Gasteiger partial charge in [0.1, 0.15) is 5.75 Å². The van der Waals surface area contributed by atoms with Crippen LogP contribution in [0.4, 0.5) is 0 Å². The van der Waals surface area contributed by atoms with E-state index in [-0.39, 0.29) is 0 Å². The number of nitrogens with zero attached hydrogens (tertiary/aromatic N) is 2. The van der Waals surface area contributed by atoms with E-state index in [4.69, 9.17) is 4.74 Å². The van der Waals surface area contributed by atoms with Gasteiger partial charge < -0.3 is 4.74 Å². The van der Waals surface area contributed by atoms with E-state index in [0.29, 0.717) is 0 Å². The first kappa shape index (κ1) is 17.2. The Bertz CT molecular complexity index is 475. The zero-order valence-electron chi connectivity index (χ0n) is 13.2. The van der Waals surface area contributed by atoms with Gasteiger partial charge in [0, 0.05) is 12.3 Å². The fourth-order valence-electron chi connectivity index (χ4n) is 1.51. The molecule has 3 nitrogen and oxygen atoms in total. The minimum Gasteiger partial charge on any atom is -0.496 e. The van der Waals surface area contributed by atoms with Crippen molar-refractivity contribution < 1.29 is 4.74 Å². The van der Waals surface area contributed by atoms with E-state index in [1.54, 1.807) is 7.11 Å². The lowest BCUT2D eigenvalue weighted by Crippen LogP contribution is -1.96. The molecule has 0 N–H and O–H groups in total. The van der Waals surface area contributed by atoms with Crippen LogP contribution >= 0.6 is 0 Å². The fraction of sp³-hybridized carbons (Fsp3) is 0.438. The van der Waals surface area contributed by atoms with Gasteiger partial charge in [-0.15, -0.1) is 0 Å². The number of rotatable bonds is 2. The van der Waals surface area contributed by atoms with Gasteiger partial charge in [0.25, 0.3) is 0 Å². The Labute approximate surface area is 117 Å². The smallest absolute Gasteiger partial charge is 0.123 e. The molecule has 0 atom stereocenters. The zero-order valence-corrected chi connectivity index (χ0v) is 13.2. The monoisotopic (exact) mass is 262 g/mol. The van der Waals surface area contributed by atoms with Crippen molar-refractivity contribution in [1.82, 2.24) is 9.78 Å². The molecule has 0 aliphatic heterocycles. The third kappa shape index (κ3) is 4.78. The number of benzene rings is 1. The lowest BCUT2D eigenvalue weighted by molar-refractivity contribution is 0.411. The SMILES string of the molecule is CC.CC.COc1cc(-n2cc(C)cn2)ccc1C. The third-order valence-electron chi connectivity index (χ3n) is 2.37. The zero-order chi connectivity index (χ0) is 14.8. The van der Waals surface area contributed by atoms with E-state index < -0.39 is 0 Å². The summed E-state index contributed by atoms with van der Waals surface area (Å²) < 4.78 is 7.12. The molecule has 0 amide bonds. The quantitative estimate of drug-likeness (QED) is 0.794. The second-order valence-corrected chi connectivity index (χ2v) is 3.62. The van der Waals surface area contributed by atoms with E-state index in [0.717, 1.165) is 22.6 Å². The van der Waals surface area contributed by atoms with Gasteiger partial charge in [-0.25, -0.2) is 4.68 Å². The van der Waals surface area contributed by atoms with Crippen LogP contribution in [0.25, 0.3) is 5.69 Å². The fourth-order valence-corrected chi connectivity index (χ4v) is 1.51. The highest BCUT2D eigenvalue weighted by Gasteiger charge is 2.02. The van der Waals surface area contributed by atoms with E-state index in [1.165, 1.54) is 0 Å². The van der Waals surface area contributed by atoms with Gasteiger partial charge >= 0.3 is 0 Å². The van der Waals surface area contributed by atoms with Crippen molar-refractivity contribution in [2.24, 2.45) is 0 Å². The molecule has 0 radical (unpaired) electrons. The summed E-state index contributed by atoms with van der Waals surface area (Å²) in [5.41, 5.74) is 3.30. The van der Waals surface area contributed by atoms with Crippen LogP contribution in [0.15, 0.2) is 30.6 Å². The molecule has 1 aromatic carbocycles. The Morgan fingerprint density at radius 3 is 2.16 bits per heavy atom. The van der Waals surface area contributed by atoms with E-state index in [2.05, 4.69) is 5.10 Å². The normalized spacial score (nSPS) is 8.79. The van der Waals surface area contributed by atoms with Crippen molar-refractivity contribution >= 4 is 0 Å². The minimum absolute atomic E-state index is 0.889. The first-order chi connectivity index (χ1) is 9.20. The summed E-state index contributed by atoms with van der Waals surface area (Å²) in [5.74, 6) is 0.889. The predicted molar refractivity (Wildman–Crippen MR) is 82.3 cm³/mol. The van der Waals surface area contributed by atoms with Crippen LogP contribution in [0, 0.1) is 13.8 Å². The van der Waals surface area contributed by atoms with E-state index in [9.17, 15) is 0 Å². The summed E-state index contributed by atoms with van der Waals surface area (Å²) in [4.78, 5) is 0. The topological polar surface area (TPSA) is 27.1 Å². The van der Waals surface area contributed by atoms with Crippen LogP contribution in [-0.4, -0.2) is 16.9 Å². The molecule has 0 fully saturated rings. The van der Waals surface area contributed by atoms with Crippen molar-refractivity contribution in [1.29, 1.82) is 0 Å². The summed E-state index contributed by atoms with van der Waals surface area (Å²) in [5, 5.41) is 4.25. The standard InChI is InChI=1S/C12H14N2O.2C2H6/c1-9-7-13-14(8-9)11-5-4-10(2)12(6-11)15-3;2*1-2/h4-8H,1-3H3;2*1-2H3. The number of aromatic nitrogens is 2. The minimum atomic E-state index is 0.889. The second-order valence-electron chi connectivity index (χ2n) is 3.62. The molecule has 2 rings (SSSR count). The largest absolute Gasteiger partial charge is 0.496 e. The Kier molecular flexibility index (Phi) is 8.34. The first-order valence-electron chi connectivity index (χ1n) is 6.87. The van der Waals surface area contributed by atoms with Crippen molar-refractivity contribution in [2.45, 2.75) is 41.5 Å². The van der Waals surface area contributed by atoms with Crippen LogP contribution in [0.2, 0.25) is 0 Å². The van der Waals surface area contributed by atoms with Crippen molar-refractivity contribution in [2.75, 3.05) is 7.11 Å². The summed E-state index contributed by atoms with van der Waals surface area (Å²) >= 11 is 0. The van der Waals surface area contributed by atoms with Crippen LogP contribution in [0.5, 0.6) is 5.75 Å². The second kappa shape index (κ2) is 9.20. The molecule has 0 saturated heterocycles. The molecule has 0 unspecified atom stereocenters. The number of hydrogen-bond donors (Lipinski definition) is 0. The Morgan fingerprint density at radius 2 is 1.68 bits per heavy atom. The third-order valence-corrected chi connectivity index (χ3v) is 2.37. The van der Waals surface area contributed by atoms with Gasteiger partial charge in [-0.3, -0.25) is 0 Å². The number of aryl methyl sites for hydroxylation is 2. The lowest BCUT2D eigenvalue weighted by Gasteiger charge is -2.07. The highest BCUT2D eigenvalue weighted by molar-refractivity contribution is 5.43. The first-order valence-corrected chi connectivity index (χ1v) is 6.87. The number of hydrogen-bond acceptors (Lipinski definition) is 2. The summed E-state index contributed by atoms with van der Waals surface area (Å²) in [6.07, 6.45) is 3.83. The molecule has 1 aromatic heterocycles. The van der Waals surface area contributed by atoms with Gasteiger partial charge in [-0.05, 0) is 31.0 Å². The van der Waals surface area contributed by atoms with Crippen molar-refractivity contribution in [3.63, 3.8) is 0 Å². The molecule has 0 bridgehead atoms. The predicted octanol–water partition coefficient (Wildman–Crippen LogP) is 4.55. The van der Waals surface area contributed by atoms with Crippen molar-refractivity contribution in [3.05, 3.63) is 41.7 Å². The molecule has 0 saturated carbocycles. The Hall–Kier alpha value is -1.77. The summed E-state index contributed by atoms with van der Waals surface area (Å²) in [7, 11) is 1.68. The Morgan fingerprint density at radius 1 is 1.05 bits per heavy atom. The van der Waals surface area contributed by atoms with Crippen LogP contribution in [0.3, 0.4) is 0 Å². The highest BCUT2D eigenvalue weighted by atomic mass is 16.5. The lowest BCUT2D eigenvalue weighted by atomic mass is 10.2. The number of methoxy groups -OCH3 is 1. The Balaban J connectivity index is 0.000000741. The van der Waals surface area contributed by atoms with Gasteiger partial charge in [-0.2, -0.15) is 5.10 Å².